The van der Waals surface area contributed by atoms with E-state index in [4.69, 9.17) is 27.9 Å². The highest BCUT2D eigenvalue weighted by molar-refractivity contribution is 7.86. The molecule has 0 saturated carbocycles. The van der Waals surface area contributed by atoms with E-state index in [0.29, 0.717) is 33.8 Å². The van der Waals surface area contributed by atoms with Crippen LogP contribution in [0.2, 0.25) is 10.0 Å². The van der Waals surface area contributed by atoms with Crippen LogP contribution in [0.5, 0.6) is 11.5 Å². The summed E-state index contributed by atoms with van der Waals surface area (Å²) >= 11 is 12.4. The number of fused-ring (bicyclic) bond motifs is 1. The van der Waals surface area contributed by atoms with Gasteiger partial charge in [0.2, 0.25) is 0 Å². The van der Waals surface area contributed by atoms with Crippen LogP contribution < -0.4 is 10.1 Å². The van der Waals surface area contributed by atoms with Gasteiger partial charge in [0.25, 0.3) is 16.0 Å². The van der Waals surface area contributed by atoms with Crippen molar-refractivity contribution in [3.63, 3.8) is 0 Å². The molecule has 12 heteroatoms. The fourth-order valence-corrected chi connectivity index (χ4v) is 5.38. The summed E-state index contributed by atoms with van der Waals surface area (Å²) in [6, 6.07) is 15.7. The van der Waals surface area contributed by atoms with Gasteiger partial charge in [-0.3, -0.25) is 9.35 Å². The Bertz CT molecular complexity index is 1720. The van der Waals surface area contributed by atoms with Crippen molar-refractivity contribution in [2.75, 3.05) is 11.9 Å². The first kappa shape index (κ1) is 28.3. The smallest absolute Gasteiger partial charge is 0.297 e. The highest BCUT2D eigenvalue weighted by atomic mass is 35.5. The topological polar surface area (TPSA) is 138 Å². The zero-order valence-corrected chi connectivity index (χ0v) is 23.1. The van der Waals surface area contributed by atoms with Crippen LogP contribution in [0.1, 0.15) is 29.8 Å². The van der Waals surface area contributed by atoms with E-state index in [1.807, 2.05) is 6.92 Å². The average molecular weight is 588 g/mol. The maximum atomic E-state index is 13.2. The van der Waals surface area contributed by atoms with E-state index < -0.39 is 26.7 Å². The second kappa shape index (κ2) is 11.6. The average Bonchev–Trinajstić information content (AvgIpc) is 2.88. The van der Waals surface area contributed by atoms with Gasteiger partial charge in [-0.1, -0.05) is 54.4 Å². The van der Waals surface area contributed by atoms with E-state index in [2.05, 4.69) is 15.5 Å². The number of azo groups is 1. The molecular formula is C27H23Cl2N3O6S. The first-order valence-electron chi connectivity index (χ1n) is 11.7. The molecule has 0 radical (unpaired) electrons. The quantitative estimate of drug-likeness (QED) is 0.142. The Hall–Kier alpha value is -3.70. The van der Waals surface area contributed by atoms with Gasteiger partial charge in [-0.2, -0.15) is 8.42 Å². The van der Waals surface area contributed by atoms with E-state index in [0.717, 1.165) is 0 Å². The normalized spacial score (nSPS) is 11.7. The number of nitrogens with one attached hydrogen (secondary N) is 1. The predicted molar refractivity (Wildman–Crippen MR) is 151 cm³/mol. The van der Waals surface area contributed by atoms with Crippen molar-refractivity contribution in [3.05, 3.63) is 81.8 Å². The molecule has 0 aliphatic rings. The molecule has 4 rings (SSSR count). The Balaban J connectivity index is 1.81. The van der Waals surface area contributed by atoms with Crippen molar-refractivity contribution < 1.29 is 27.6 Å². The molecule has 0 fully saturated rings. The molecule has 3 N–H and O–H groups in total. The molecule has 0 atom stereocenters. The minimum Gasteiger partial charge on any atom is -0.505 e. The molecule has 0 saturated heterocycles. The first-order chi connectivity index (χ1) is 18.5. The Morgan fingerprint density at radius 2 is 1.77 bits per heavy atom. The van der Waals surface area contributed by atoms with Crippen LogP contribution in [0.4, 0.5) is 17.1 Å². The van der Waals surface area contributed by atoms with E-state index >= 15 is 0 Å². The summed E-state index contributed by atoms with van der Waals surface area (Å²) in [4.78, 5) is 12.8. The molecule has 1 amide bonds. The summed E-state index contributed by atoms with van der Waals surface area (Å²) in [6.07, 6.45) is 0.248. The van der Waals surface area contributed by atoms with Crippen LogP contribution >= 0.6 is 23.2 Å². The third-order valence-corrected chi connectivity index (χ3v) is 7.24. The van der Waals surface area contributed by atoms with Gasteiger partial charge in [-0.25, -0.2) is 0 Å². The lowest BCUT2D eigenvalue weighted by atomic mass is 10.0. The molecule has 0 spiro atoms. The summed E-state index contributed by atoms with van der Waals surface area (Å²) in [5.41, 5.74) is 0.206. The van der Waals surface area contributed by atoms with E-state index in [1.165, 1.54) is 24.3 Å². The number of hydrogen-bond donors (Lipinski definition) is 3. The lowest BCUT2D eigenvalue weighted by molar-refractivity contribution is 0.102. The molecule has 202 valence electrons. The minimum atomic E-state index is -4.68. The molecule has 0 heterocycles. The molecule has 0 aliphatic heterocycles. The number of hydrogen-bond acceptors (Lipinski definition) is 7. The van der Waals surface area contributed by atoms with E-state index in [-0.39, 0.29) is 33.9 Å². The molecule has 0 unspecified atom stereocenters. The van der Waals surface area contributed by atoms with Gasteiger partial charge in [-0.15, -0.1) is 10.2 Å². The molecule has 0 aliphatic carbocycles. The zero-order chi connectivity index (χ0) is 28.3. The molecular weight excluding hydrogens is 565 g/mol. The number of anilines is 1. The van der Waals surface area contributed by atoms with Gasteiger partial charge in [0.15, 0.2) is 5.75 Å². The number of rotatable bonds is 8. The summed E-state index contributed by atoms with van der Waals surface area (Å²) in [6.45, 7) is 3.94. The third kappa shape index (κ3) is 6.15. The number of aryl methyl sites for hydroxylation is 1. The van der Waals surface area contributed by atoms with E-state index in [1.54, 1.807) is 43.3 Å². The van der Waals surface area contributed by atoms with Crippen molar-refractivity contribution in [1.82, 2.24) is 0 Å². The summed E-state index contributed by atoms with van der Waals surface area (Å²) in [5, 5.41) is 23.4. The van der Waals surface area contributed by atoms with Crippen molar-refractivity contribution >= 4 is 67.1 Å². The number of phenols is 1. The lowest BCUT2D eigenvalue weighted by Gasteiger charge is -2.13. The Morgan fingerprint density at radius 3 is 2.44 bits per heavy atom. The van der Waals surface area contributed by atoms with Crippen molar-refractivity contribution in [3.8, 4) is 11.5 Å². The Kier molecular flexibility index (Phi) is 8.41. The molecule has 0 aromatic heterocycles. The number of amides is 1. The number of phenolic OH excluding ortho intramolecular Hbond substituents is 1. The van der Waals surface area contributed by atoms with Crippen LogP contribution in [-0.2, 0) is 16.5 Å². The van der Waals surface area contributed by atoms with Crippen molar-refractivity contribution in [2.24, 2.45) is 10.2 Å². The number of halogens is 2. The van der Waals surface area contributed by atoms with Gasteiger partial charge >= 0.3 is 0 Å². The van der Waals surface area contributed by atoms with Crippen LogP contribution in [-0.4, -0.2) is 30.6 Å². The number of carbonyl (C=O) groups is 1. The van der Waals surface area contributed by atoms with Crippen molar-refractivity contribution in [2.45, 2.75) is 25.2 Å². The predicted octanol–water partition coefficient (Wildman–Crippen LogP) is 7.73. The zero-order valence-electron chi connectivity index (χ0n) is 20.8. The van der Waals surface area contributed by atoms with Crippen molar-refractivity contribution in [1.29, 1.82) is 0 Å². The monoisotopic (exact) mass is 587 g/mol. The lowest BCUT2D eigenvalue weighted by Crippen LogP contribution is -2.12. The number of benzene rings is 4. The maximum absolute atomic E-state index is 13.2. The second-order valence-electron chi connectivity index (χ2n) is 8.32. The van der Waals surface area contributed by atoms with Crippen LogP contribution in [0, 0.1) is 0 Å². The first-order valence-corrected chi connectivity index (χ1v) is 13.9. The molecule has 4 aromatic carbocycles. The van der Waals surface area contributed by atoms with Crippen LogP contribution in [0.25, 0.3) is 10.8 Å². The van der Waals surface area contributed by atoms with Gasteiger partial charge in [-0.05, 0) is 60.7 Å². The van der Waals surface area contributed by atoms with Gasteiger partial charge in [0.1, 0.15) is 22.0 Å². The Labute approximate surface area is 234 Å². The fraction of sp³-hybridized carbons (Fsp3) is 0.148. The third-order valence-electron chi connectivity index (χ3n) is 5.74. The number of aromatic hydroxyl groups is 1. The van der Waals surface area contributed by atoms with Crippen LogP contribution in [0.3, 0.4) is 0 Å². The molecule has 39 heavy (non-hydrogen) atoms. The van der Waals surface area contributed by atoms with Gasteiger partial charge in [0, 0.05) is 16.1 Å². The minimum absolute atomic E-state index is 0.0812. The van der Waals surface area contributed by atoms with Gasteiger partial charge < -0.3 is 15.2 Å². The largest absolute Gasteiger partial charge is 0.505 e. The summed E-state index contributed by atoms with van der Waals surface area (Å²) < 4.78 is 39.5. The standard InChI is InChI=1S/C27H23Cl2N3O6S/c1-3-15-11-17(28)13-22(26(15)39(35,36)37)31-32-24-19-8-6-5-7-16(19)12-20(25(24)33)27(34)30-18-9-10-23(38-4-2)21(29)14-18/h5-14,33H,3-4H2,1-2H3,(H,30,34)(H,35,36,37). The number of carbonyl (C=O) groups excluding carboxylic acids is 1. The Morgan fingerprint density at radius 1 is 1.03 bits per heavy atom. The highest BCUT2D eigenvalue weighted by Gasteiger charge is 2.23. The van der Waals surface area contributed by atoms with Gasteiger partial charge in [0.05, 0.1) is 17.2 Å². The SMILES string of the molecule is CCOc1ccc(NC(=O)c2cc3ccccc3c(N=Nc3cc(Cl)cc(CC)c3S(=O)(=O)O)c2O)cc1Cl. The second-order valence-corrected chi connectivity index (χ2v) is 10.5. The molecule has 0 bridgehead atoms. The number of nitrogens with zero attached hydrogens (tertiary/aromatic N) is 2. The molecule has 9 nitrogen and oxygen atoms in total. The molecule has 4 aromatic rings. The van der Waals surface area contributed by atoms with Crippen LogP contribution in [0.15, 0.2) is 75.8 Å². The fourth-order valence-electron chi connectivity index (χ4n) is 4.01. The highest BCUT2D eigenvalue weighted by Crippen LogP contribution is 2.41. The summed E-state index contributed by atoms with van der Waals surface area (Å²) in [5.74, 6) is -0.673. The van der Waals surface area contributed by atoms with E-state index in [9.17, 15) is 22.9 Å². The maximum Gasteiger partial charge on any atom is 0.297 e. The summed E-state index contributed by atoms with van der Waals surface area (Å²) in [7, 11) is -4.68. The number of ether oxygens (including phenoxy) is 1.